The van der Waals surface area contributed by atoms with E-state index in [4.69, 9.17) is 0 Å². The van der Waals surface area contributed by atoms with Gasteiger partial charge in [-0.3, -0.25) is 0 Å². The maximum Gasteiger partial charge on any atom is 0.0684 e. The van der Waals surface area contributed by atoms with Gasteiger partial charge in [0.2, 0.25) is 0 Å². The van der Waals surface area contributed by atoms with Crippen LogP contribution in [0, 0.1) is 11.8 Å². The van der Waals surface area contributed by atoms with E-state index in [2.05, 4.69) is 31.0 Å². The van der Waals surface area contributed by atoms with Crippen LogP contribution in [0.5, 0.6) is 0 Å². The lowest BCUT2D eigenvalue weighted by Crippen LogP contribution is -2.21. The average molecular weight is 125 g/mol. The molecule has 1 N–H and O–H groups in total. The van der Waals surface area contributed by atoms with Gasteiger partial charge < -0.3 is 5.32 Å². The highest BCUT2D eigenvalue weighted by molar-refractivity contribution is 5.06. The van der Waals surface area contributed by atoms with E-state index in [0.29, 0.717) is 6.04 Å². The predicted molar refractivity (Wildman–Crippen MR) is 41.2 cm³/mol. The molecule has 0 aromatic rings. The lowest BCUT2D eigenvalue weighted by atomic mass is 10.2. The number of rotatable bonds is 2. The molecule has 0 aliphatic rings. The minimum atomic E-state index is 0.393. The van der Waals surface area contributed by atoms with Gasteiger partial charge in [-0.1, -0.05) is 19.8 Å². The summed E-state index contributed by atoms with van der Waals surface area (Å²) in [5, 5.41) is 3.11. The van der Waals surface area contributed by atoms with E-state index in [9.17, 15) is 0 Å². The third-order valence-electron chi connectivity index (χ3n) is 1.21. The van der Waals surface area contributed by atoms with Gasteiger partial charge >= 0.3 is 0 Å². The largest absolute Gasteiger partial charge is 0.307 e. The van der Waals surface area contributed by atoms with Crippen LogP contribution in [0.1, 0.15) is 26.7 Å². The highest BCUT2D eigenvalue weighted by Gasteiger charge is 1.92. The quantitative estimate of drug-likeness (QED) is 0.550. The highest BCUT2D eigenvalue weighted by Crippen LogP contribution is 1.85. The first kappa shape index (κ1) is 8.52. The zero-order valence-corrected chi connectivity index (χ0v) is 6.49. The Morgan fingerprint density at radius 2 is 2.11 bits per heavy atom. The summed E-state index contributed by atoms with van der Waals surface area (Å²) in [5.74, 6) is 6.15. The second-order valence-corrected chi connectivity index (χ2v) is 1.92. The summed E-state index contributed by atoms with van der Waals surface area (Å²) in [6.07, 6.45) is 2.04. The molecule has 1 unspecified atom stereocenters. The van der Waals surface area contributed by atoms with Gasteiger partial charge in [0.05, 0.1) is 6.04 Å². The summed E-state index contributed by atoms with van der Waals surface area (Å²) in [4.78, 5) is 0. The van der Waals surface area contributed by atoms with Crippen LogP contribution in [-0.4, -0.2) is 13.1 Å². The third-order valence-corrected chi connectivity index (χ3v) is 1.21. The minimum Gasteiger partial charge on any atom is -0.307 e. The fourth-order valence-electron chi connectivity index (χ4n) is 0.604. The topological polar surface area (TPSA) is 12.0 Å². The van der Waals surface area contributed by atoms with Crippen LogP contribution in [0.15, 0.2) is 0 Å². The molecule has 1 nitrogen and oxygen atoms in total. The molecule has 0 bridgehead atoms. The van der Waals surface area contributed by atoms with Crippen molar-refractivity contribution in [3.63, 3.8) is 0 Å². The van der Waals surface area contributed by atoms with E-state index < -0.39 is 0 Å². The van der Waals surface area contributed by atoms with E-state index in [-0.39, 0.29) is 0 Å². The van der Waals surface area contributed by atoms with E-state index in [1.165, 1.54) is 0 Å². The molecule has 0 saturated carbocycles. The molecule has 0 saturated heterocycles. The molecular formula is C8H15N. The summed E-state index contributed by atoms with van der Waals surface area (Å²) < 4.78 is 0. The summed E-state index contributed by atoms with van der Waals surface area (Å²) in [7, 11) is 1.94. The van der Waals surface area contributed by atoms with Gasteiger partial charge in [0.25, 0.3) is 0 Å². The zero-order chi connectivity index (χ0) is 7.11. The molecular weight excluding hydrogens is 110 g/mol. The molecule has 0 rings (SSSR count). The zero-order valence-electron chi connectivity index (χ0n) is 6.49. The van der Waals surface area contributed by atoms with Crippen molar-refractivity contribution in [2.24, 2.45) is 0 Å². The molecule has 0 amide bonds. The van der Waals surface area contributed by atoms with Gasteiger partial charge in [0.1, 0.15) is 0 Å². The van der Waals surface area contributed by atoms with E-state index in [1.54, 1.807) is 0 Å². The van der Waals surface area contributed by atoms with Crippen LogP contribution in [0.25, 0.3) is 0 Å². The van der Waals surface area contributed by atoms with Crippen LogP contribution in [-0.2, 0) is 0 Å². The summed E-state index contributed by atoms with van der Waals surface area (Å²) in [6, 6.07) is 0.393. The minimum absolute atomic E-state index is 0.393. The van der Waals surface area contributed by atoms with Crippen molar-refractivity contribution in [2.45, 2.75) is 32.7 Å². The Hall–Kier alpha value is -0.480. The Morgan fingerprint density at radius 1 is 1.44 bits per heavy atom. The first-order valence-corrected chi connectivity index (χ1v) is 3.50. The van der Waals surface area contributed by atoms with Crippen molar-refractivity contribution in [1.29, 1.82) is 0 Å². The number of nitrogens with one attached hydrogen (secondary N) is 1. The number of hydrogen-bond donors (Lipinski definition) is 1. The molecule has 0 heterocycles. The van der Waals surface area contributed by atoms with Crippen molar-refractivity contribution >= 4 is 0 Å². The molecule has 0 aromatic heterocycles. The van der Waals surface area contributed by atoms with Crippen molar-refractivity contribution in [2.75, 3.05) is 7.05 Å². The Kier molecular flexibility index (Phi) is 5.35. The van der Waals surface area contributed by atoms with Crippen LogP contribution >= 0.6 is 0 Å². The van der Waals surface area contributed by atoms with Crippen LogP contribution < -0.4 is 5.32 Å². The lowest BCUT2D eigenvalue weighted by molar-refractivity contribution is 0.665. The second kappa shape index (κ2) is 5.65. The standard InChI is InChI=1S/C8H15N/c1-4-6-7-8(5-2)9-3/h8-9H,4-5H2,1-3H3. The first-order chi connectivity index (χ1) is 4.35. The summed E-state index contributed by atoms with van der Waals surface area (Å²) >= 11 is 0. The summed E-state index contributed by atoms with van der Waals surface area (Å²) in [5.41, 5.74) is 0. The van der Waals surface area contributed by atoms with Gasteiger partial charge in [-0.15, -0.1) is 5.92 Å². The van der Waals surface area contributed by atoms with Gasteiger partial charge in [0, 0.05) is 6.42 Å². The van der Waals surface area contributed by atoms with Crippen molar-refractivity contribution in [1.82, 2.24) is 5.32 Å². The Labute approximate surface area is 57.8 Å². The molecule has 0 aliphatic heterocycles. The highest BCUT2D eigenvalue weighted by atomic mass is 14.8. The normalized spacial score (nSPS) is 11.9. The Bertz CT molecular complexity index is 103. The molecule has 1 heteroatoms. The molecule has 0 fully saturated rings. The molecule has 0 aliphatic carbocycles. The first-order valence-electron chi connectivity index (χ1n) is 3.50. The maximum atomic E-state index is 3.11. The monoisotopic (exact) mass is 125 g/mol. The average Bonchev–Trinajstić information content (AvgIpc) is 1.91. The van der Waals surface area contributed by atoms with Crippen LogP contribution in [0.3, 0.4) is 0 Å². The van der Waals surface area contributed by atoms with Gasteiger partial charge in [-0.2, -0.15) is 0 Å². The van der Waals surface area contributed by atoms with E-state index in [1.807, 2.05) is 7.05 Å². The fourth-order valence-corrected chi connectivity index (χ4v) is 0.604. The third kappa shape index (κ3) is 4.05. The van der Waals surface area contributed by atoms with Crippen LogP contribution in [0.4, 0.5) is 0 Å². The predicted octanol–water partition coefficient (Wildman–Crippen LogP) is 1.40. The van der Waals surface area contributed by atoms with E-state index >= 15 is 0 Å². The van der Waals surface area contributed by atoms with Crippen molar-refractivity contribution in [3.05, 3.63) is 0 Å². The molecule has 0 aromatic carbocycles. The Morgan fingerprint density at radius 3 is 2.44 bits per heavy atom. The van der Waals surface area contributed by atoms with Gasteiger partial charge in [0.15, 0.2) is 0 Å². The molecule has 9 heavy (non-hydrogen) atoms. The van der Waals surface area contributed by atoms with E-state index in [0.717, 1.165) is 12.8 Å². The maximum absolute atomic E-state index is 3.11. The lowest BCUT2D eigenvalue weighted by Gasteiger charge is -2.02. The van der Waals surface area contributed by atoms with Crippen molar-refractivity contribution in [3.8, 4) is 11.8 Å². The number of hydrogen-bond acceptors (Lipinski definition) is 1. The van der Waals surface area contributed by atoms with Crippen LogP contribution in [0.2, 0.25) is 0 Å². The van der Waals surface area contributed by atoms with Gasteiger partial charge in [-0.25, -0.2) is 0 Å². The smallest absolute Gasteiger partial charge is 0.0684 e. The summed E-state index contributed by atoms with van der Waals surface area (Å²) in [6.45, 7) is 4.20. The second-order valence-electron chi connectivity index (χ2n) is 1.92. The SMILES string of the molecule is CCC#CC(CC)NC. The van der Waals surface area contributed by atoms with Gasteiger partial charge in [-0.05, 0) is 13.5 Å². The molecule has 0 radical (unpaired) electrons. The molecule has 1 atom stereocenters. The molecule has 0 spiro atoms. The fraction of sp³-hybridized carbons (Fsp3) is 0.750. The van der Waals surface area contributed by atoms with Crippen molar-refractivity contribution < 1.29 is 0 Å². The Balaban J connectivity index is 3.54. The molecule has 52 valence electrons.